The second-order valence-electron chi connectivity index (χ2n) is 4.32. The minimum atomic E-state index is -0.326. The molecule has 2 heterocycles. The molecule has 0 radical (unpaired) electrons. The van der Waals surface area contributed by atoms with Crippen LogP contribution >= 0.6 is 11.6 Å². The van der Waals surface area contributed by atoms with Crippen LogP contribution in [0.2, 0.25) is 0 Å². The summed E-state index contributed by atoms with van der Waals surface area (Å²) < 4.78 is 20.4. The monoisotopic (exact) mass is 290 g/mol. The number of ether oxygens (including phenoxy) is 1. The average Bonchev–Trinajstić information content (AvgIpc) is 2.84. The minimum absolute atomic E-state index is 0.234. The van der Waals surface area contributed by atoms with Crippen LogP contribution in [0.5, 0.6) is 5.75 Å². The molecule has 3 rings (SSSR count). The summed E-state index contributed by atoms with van der Waals surface area (Å²) in [7, 11) is 1.61. The topological polar surface area (TPSA) is 26.5 Å². The van der Waals surface area contributed by atoms with Crippen LogP contribution in [-0.4, -0.2) is 16.5 Å². The Hall–Kier alpha value is -2.07. The molecule has 0 saturated heterocycles. The lowest BCUT2D eigenvalue weighted by atomic mass is 10.1. The molecule has 3 aromatic rings. The maximum absolute atomic E-state index is 13.4. The van der Waals surface area contributed by atoms with Crippen molar-refractivity contribution in [1.82, 2.24) is 9.38 Å². The molecule has 0 atom stereocenters. The van der Waals surface area contributed by atoms with Crippen molar-refractivity contribution in [2.75, 3.05) is 7.11 Å². The molecule has 3 nitrogen and oxygen atoms in total. The van der Waals surface area contributed by atoms with E-state index in [9.17, 15) is 4.39 Å². The van der Waals surface area contributed by atoms with Crippen LogP contribution in [0.4, 0.5) is 4.39 Å². The zero-order valence-corrected chi connectivity index (χ0v) is 11.6. The lowest BCUT2D eigenvalue weighted by Crippen LogP contribution is -1.94. The van der Waals surface area contributed by atoms with Gasteiger partial charge in [-0.15, -0.1) is 11.6 Å². The predicted molar refractivity (Wildman–Crippen MR) is 76.7 cm³/mol. The summed E-state index contributed by atoms with van der Waals surface area (Å²) in [4.78, 5) is 4.54. The third-order valence-corrected chi connectivity index (χ3v) is 3.42. The van der Waals surface area contributed by atoms with E-state index in [1.54, 1.807) is 17.6 Å². The molecule has 0 spiro atoms. The number of fused-ring (bicyclic) bond motifs is 1. The number of rotatable bonds is 3. The van der Waals surface area contributed by atoms with Crippen LogP contribution in [0.25, 0.3) is 16.9 Å². The Morgan fingerprint density at radius 3 is 2.80 bits per heavy atom. The molecule has 1 aromatic carbocycles. The molecule has 5 heteroatoms. The SMILES string of the molecule is COc1ccccc1-c1nc2ccc(F)cn2c1CCl. The largest absolute Gasteiger partial charge is 0.496 e. The first-order chi connectivity index (χ1) is 9.74. The van der Waals surface area contributed by atoms with E-state index in [4.69, 9.17) is 16.3 Å². The number of imidazole rings is 1. The Balaban J connectivity index is 2.30. The lowest BCUT2D eigenvalue weighted by molar-refractivity contribution is 0.416. The van der Waals surface area contributed by atoms with E-state index in [1.165, 1.54) is 12.3 Å². The van der Waals surface area contributed by atoms with Gasteiger partial charge in [0.1, 0.15) is 17.2 Å². The van der Waals surface area contributed by atoms with Crippen molar-refractivity contribution in [3.8, 4) is 17.0 Å². The summed E-state index contributed by atoms with van der Waals surface area (Å²) in [6.45, 7) is 0. The van der Waals surface area contributed by atoms with Gasteiger partial charge in [-0.3, -0.25) is 4.40 Å². The number of halogens is 2. The van der Waals surface area contributed by atoms with Crippen LogP contribution in [0, 0.1) is 5.82 Å². The van der Waals surface area contributed by atoms with Gasteiger partial charge in [-0.2, -0.15) is 0 Å². The first kappa shape index (κ1) is 12.9. The number of methoxy groups -OCH3 is 1. The van der Waals surface area contributed by atoms with E-state index in [0.29, 0.717) is 17.1 Å². The third-order valence-electron chi connectivity index (χ3n) is 3.17. The molecule has 0 unspecified atom stereocenters. The number of benzene rings is 1. The van der Waals surface area contributed by atoms with Gasteiger partial charge < -0.3 is 4.74 Å². The fourth-order valence-electron chi connectivity index (χ4n) is 2.25. The molecule has 0 amide bonds. The van der Waals surface area contributed by atoms with Gasteiger partial charge in [-0.1, -0.05) is 12.1 Å². The Kier molecular flexibility index (Phi) is 3.32. The number of aromatic nitrogens is 2. The summed E-state index contributed by atoms with van der Waals surface area (Å²) in [5, 5.41) is 0. The van der Waals surface area contributed by atoms with E-state index >= 15 is 0 Å². The quantitative estimate of drug-likeness (QED) is 0.684. The zero-order valence-electron chi connectivity index (χ0n) is 10.8. The van der Waals surface area contributed by atoms with Gasteiger partial charge in [0.25, 0.3) is 0 Å². The standard InChI is InChI=1S/C15H12ClFN2O/c1-20-13-5-3-2-4-11(13)15-12(8-16)19-9-10(17)6-7-14(19)18-15/h2-7,9H,8H2,1H3. The lowest BCUT2D eigenvalue weighted by Gasteiger charge is -2.07. The highest BCUT2D eigenvalue weighted by atomic mass is 35.5. The molecule has 0 aliphatic carbocycles. The van der Waals surface area contributed by atoms with Gasteiger partial charge in [0.2, 0.25) is 0 Å². The van der Waals surface area contributed by atoms with Crippen LogP contribution in [0.3, 0.4) is 0 Å². The van der Waals surface area contributed by atoms with Gasteiger partial charge in [-0.05, 0) is 24.3 Å². The molecule has 0 aliphatic heterocycles. The molecule has 0 N–H and O–H groups in total. The summed E-state index contributed by atoms with van der Waals surface area (Å²) in [5.41, 5.74) is 2.95. The number of nitrogens with zero attached hydrogens (tertiary/aromatic N) is 2. The van der Waals surface area contributed by atoms with Gasteiger partial charge in [0.15, 0.2) is 0 Å². The molecular weight excluding hydrogens is 279 g/mol. The van der Waals surface area contributed by atoms with Crippen LogP contribution in [0.1, 0.15) is 5.69 Å². The fraction of sp³-hybridized carbons (Fsp3) is 0.133. The van der Waals surface area contributed by atoms with Crippen LogP contribution < -0.4 is 4.74 Å². The van der Waals surface area contributed by atoms with Gasteiger partial charge in [0.05, 0.1) is 24.4 Å². The zero-order chi connectivity index (χ0) is 14.1. The van der Waals surface area contributed by atoms with Gasteiger partial charge in [-0.25, -0.2) is 9.37 Å². The van der Waals surface area contributed by atoms with Gasteiger partial charge in [0, 0.05) is 11.8 Å². The average molecular weight is 291 g/mol. The molecule has 0 aliphatic rings. The molecule has 0 saturated carbocycles. The number of hydrogen-bond donors (Lipinski definition) is 0. The second-order valence-corrected chi connectivity index (χ2v) is 4.58. The van der Waals surface area contributed by atoms with Crippen molar-refractivity contribution in [2.45, 2.75) is 5.88 Å². The van der Waals surface area contributed by atoms with Crippen LogP contribution in [0.15, 0.2) is 42.6 Å². The van der Waals surface area contributed by atoms with Crippen molar-refractivity contribution in [2.24, 2.45) is 0 Å². The highest BCUT2D eigenvalue weighted by molar-refractivity contribution is 6.17. The summed E-state index contributed by atoms with van der Waals surface area (Å²) in [6, 6.07) is 10.6. The van der Waals surface area contributed by atoms with Gasteiger partial charge >= 0.3 is 0 Å². The van der Waals surface area contributed by atoms with E-state index in [-0.39, 0.29) is 11.7 Å². The first-order valence-corrected chi connectivity index (χ1v) is 6.64. The van der Waals surface area contributed by atoms with Crippen molar-refractivity contribution in [1.29, 1.82) is 0 Å². The molecule has 20 heavy (non-hydrogen) atoms. The Labute approximate surface area is 120 Å². The van der Waals surface area contributed by atoms with E-state index in [2.05, 4.69) is 4.98 Å². The van der Waals surface area contributed by atoms with Crippen molar-refractivity contribution in [3.63, 3.8) is 0 Å². The highest BCUT2D eigenvalue weighted by Crippen LogP contribution is 2.32. The third kappa shape index (κ3) is 2.02. The predicted octanol–water partition coefficient (Wildman–Crippen LogP) is 3.89. The molecular formula is C15H12ClFN2O. The summed E-state index contributed by atoms with van der Waals surface area (Å²) >= 11 is 6.03. The van der Waals surface area contributed by atoms with E-state index in [0.717, 1.165) is 11.3 Å². The molecule has 0 fully saturated rings. The second kappa shape index (κ2) is 5.13. The summed E-state index contributed by atoms with van der Waals surface area (Å²) in [6.07, 6.45) is 1.39. The number of alkyl halides is 1. The van der Waals surface area contributed by atoms with Crippen molar-refractivity contribution < 1.29 is 9.13 Å². The smallest absolute Gasteiger partial charge is 0.139 e. The fourth-order valence-corrected chi connectivity index (χ4v) is 2.51. The Morgan fingerprint density at radius 2 is 2.05 bits per heavy atom. The number of para-hydroxylation sites is 1. The van der Waals surface area contributed by atoms with Crippen LogP contribution in [-0.2, 0) is 5.88 Å². The van der Waals surface area contributed by atoms with Crippen molar-refractivity contribution in [3.05, 3.63) is 54.1 Å². The maximum Gasteiger partial charge on any atom is 0.139 e. The normalized spacial score (nSPS) is 10.9. The van der Waals surface area contributed by atoms with Crippen molar-refractivity contribution >= 4 is 17.2 Å². The summed E-state index contributed by atoms with van der Waals surface area (Å²) in [5.74, 6) is 0.619. The van der Waals surface area contributed by atoms with E-state index < -0.39 is 0 Å². The Bertz CT molecular complexity index is 770. The minimum Gasteiger partial charge on any atom is -0.496 e. The number of hydrogen-bond acceptors (Lipinski definition) is 2. The molecule has 102 valence electrons. The first-order valence-electron chi connectivity index (χ1n) is 6.10. The Morgan fingerprint density at radius 1 is 1.25 bits per heavy atom. The maximum atomic E-state index is 13.4. The number of pyridine rings is 1. The highest BCUT2D eigenvalue weighted by Gasteiger charge is 2.16. The molecule has 0 bridgehead atoms. The van der Waals surface area contributed by atoms with E-state index in [1.807, 2.05) is 24.3 Å². The molecule has 2 aromatic heterocycles.